The third-order valence-electron chi connectivity index (χ3n) is 3.95. The second-order valence-electron chi connectivity index (χ2n) is 6.43. The van der Waals surface area contributed by atoms with Crippen LogP contribution in [0.3, 0.4) is 0 Å². The molecule has 3 N–H and O–H groups in total. The van der Waals surface area contributed by atoms with Crippen LogP contribution in [0.25, 0.3) is 0 Å². The van der Waals surface area contributed by atoms with Gasteiger partial charge in [0.05, 0.1) is 24.4 Å². The number of urea groups is 1. The van der Waals surface area contributed by atoms with Gasteiger partial charge < -0.3 is 20.5 Å². The molecule has 1 aromatic carbocycles. The minimum Gasteiger partial charge on any atom is -0.491 e. The Morgan fingerprint density at radius 1 is 1.32 bits per heavy atom. The number of amides is 2. The third kappa shape index (κ3) is 4.37. The maximum Gasteiger partial charge on any atom is 0.319 e. The van der Waals surface area contributed by atoms with Crippen LogP contribution in [0.15, 0.2) is 24.3 Å². The van der Waals surface area contributed by atoms with Gasteiger partial charge in [-0.15, -0.1) is 0 Å². The monoisotopic (exact) mass is 306 g/mol. The molecule has 22 heavy (non-hydrogen) atoms. The average molecular weight is 306 g/mol. The van der Waals surface area contributed by atoms with Gasteiger partial charge in [0.25, 0.3) is 0 Å². The zero-order valence-electron chi connectivity index (χ0n) is 13.4. The fourth-order valence-corrected chi connectivity index (χ4v) is 2.72. The molecule has 0 aromatic heterocycles. The number of aliphatic hydroxyl groups is 1. The topological polar surface area (TPSA) is 70.6 Å². The molecule has 0 saturated heterocycles. The van der Waals surface area contributed by atoms with E-state index in [9.17, 15) is 9.90 Å². The Labute approximate surface area is 132 Å². The Hall–Kier alpha value is -1.75. The van der Waals surface area contributed by atoms with E-state index in [-0.39, 0.29) is 12.6 Å². The van der Waals surface area contributed by atoms with E-state index in [1.54, 1.807) is 0 Å². The Morgan fingerprint density at radius 2 is 2.00 bits per heavy atom. The maximum atomic E-state index is 12.2. The molecule has 1 fully saturated rings. The number of anilines is 1. The first-order valence-electron chi connectivity index (χ1n) is 7.96. The number of hydrogen-bond acceptors (Lipinski definition) is 3. The molecule has 0 unspecified atom stereocenters. The minimum atomic E-state index is -0.474. The molecule has 1 aliphatic carbocycles. The Kier molecular flexibility index (Phi) is 5.66. The van der Waals surface area contributed by atoms with Crippen molar-refractivity contribution in [3.63, 3.8) is 0 Å². The van der Waals surface area contributed by atoms with Gasteiger partial charge in [0.1, 0.15) is 5.75 Å². The summed E-state index contributed by atoms with van der Waals surface area (Å²) in [5, 5.41) is 15.3. The van der Waals surface area contributed by atoms with E-state index in [0.717, 1.165) is 25.7 Å². The van der Waals surface area contributed by atoms with Crippen molar-refractivity contribution in [3.05, 3.63) is 24.3 Å². The van der Waals surface area contributed by atoms with Gasteiger partial charge in [-0.1, -0.05) is 38.8 Å². The van der Waals surface area contributed by atoms with Crippen LogP contribution in [-0.2, 0) is 0 Å². The largest absolute Gasteiger partial charge is 0.491 e. The number of para-hydroxylation sites is 2. The molecule has 0 aliphatic heterocycles. The lowest BCUT2D eigenvalue weighted by Crippen LogP contribution is -2.50. The summed E-state index contributed by atoms with van der Waals surface area (Å²) in [4.78, 5) is 12.2. The molecule has 5 nitrogen and oxygen atoms in total. The molecule has 0 radical (unpaired) electrons. The molecule has 5 heteroatoms. The highest BCUT2D eigenvalue weighted by atomic mass is 16.5. The highest BCUT2D eigenvalue weighted by Gasteiger charge is 2.34. The first kappa shape index (κ1) is 16.6. The summed E-state index contributed by atoms with van der Waals surface area (Å²) in [5.41, 5.74) is 0.171. The van der Waals surface area contributed by atoms with Crippen LogP contribution in [0, 0.1) is 5.92 Å². The van der Waals surface area contributed by atoms with Crippen LogP contribution in [0.2, 0.25) is 0 Å². The Morgan fingerprint density at radius 3 is 2.64 bits per heavy atom. The summed E-state index contributed by atoms with van der Waals surface area (Å²) in [6.45, 7) is 4.73. The molecule has 1 saturated carbocycles. The second kappa shape index (κ2) is 7.49. The van der Waals surface area contributed by atoms with E-state index >= 15 is 0 Å². The summed E-state index contributed by atoms with van der Waals surface area (Å²) in [7, 11) is 0. The molecule has 0 heterocycles. The van der Waals surface area contributed by atoms with Crippen LogP contribution in [0.1, 0.15) is 39.5 Å². The van der Waals surface area contributed by atoms with Crippen LogP contribution in [0.5, 0.6) is 5.75 Å². The number of nitrogens with one attached hydrogen (secondary N) is 2. The van der Waals surface area contributed by atoms with Gasteiger partial charge in [0.2, 0.25) is 0 Å². The van der Waals surface area contributed by atoms with Crippen molar-refractivity contribution >= 4 is 11.7 Å². The van der Waals surface area contributed by atoms with E-state index in [1.807, 2.05) is 24.3 Å². The first-order chi connectivity index (χ1) is 10.5. The van der Waals surface area contributed by atoms with Gasteiger partial charge in [0, 0.05) is 0 Å². The summed E-state index contributed by atoms with van der Waals surface area (Å²) in [6, 6.07) is 7.10. The van der Waals surface area contributed by atoms with Crippen molar-refractivity contribution in [2.24, 2.45) is 5.92 Å². The predicted octanol–water partition coefficient (Wildman–Crippen LogP) is 3.15. The number of ether oxygens (including phenoxy) is 1. The van der Waals surface area contributed by atoms with Crippen molar-refractivity contribution in [1.29, 1.82) is 0 Å². The molecular formula is C17H26N2O3. The maximum absolute atomic E-state index is 12.2. The SMILES string of the molecule is CC(C)COc1ccccc1NC(=O)NC1(CO)CCCC1. The molecule has 1 aliphatic rings. The van der Waals surface area contributed by atoms with Crippen molar-refractivity contribution in [3.8, 4) is 5.75 Å². The molecule has 1 aromatic rings. The quantitative estimate of drug-likeness (QED) is 0.756. The number of benzene rings is 1. The lowest BCUT2D eigenvalue weighted by atomic mass is 9.99. The van der Waals surface area contributed by atoms with E-state index in [2.05, 4.69) is 24.5 Å². The number of hydrogen-bond donors (Lipinski definition) is 3. The van der Waals surface area contributed by atoms with Crippen LogP contribution in [0.4, 0.5) is 10.5 Å². The van der Waals surface area contributed by atoms with Gasteiger partial charge in [-0.2, -0.15) is 0 Å². The van der Waals surface area contributed by atoms with Gasteiger partial charge in [-0.25, -0.2) is 4.79 Å². The molecule has 0 spiro atoms. The van der Waals surface area contributed by atoms with Crippen molar-refractivity contribution < 1.29 is 14.6 Å². The van der Waals surface area contributed by atoms with E-state index < -0.39 is 5.54 Å². The van der Waals surface area contributed by atoms with Crippen molar-refractivity contribution in [1.82, 2.24) is 5.32 Å². The molecular weight excluding hydrogens is 280 g/mol. The predicted molar refractivity (Wildman–Crippen MR) is 87.2 cm³/mol. The minimum absolute atomic E-state index is 0.0219. The van der Waals surface area contributed by atoms with E-state index in [0.29, 0.717) is 24.0 Å². The number of aliphatic hydroxyl groups excluding tert-OH is 1. The zero-order chi connectivity index (χ0) is 16.0. The van der Waals surface area contributed by atoms with Gasteiger partial charge in [-0.05, 0) is 30.9 Å². The molecule has 2 amide bonds. The molecule has 122 valence electrons. The van der Waals surface area contributed by atoms with Gasteiger partial charge in [-0.3, -0.25) is 0 Å². The zero-order valence-corrected chi connectivity index (χ0v) is 13.4. The summed E-state index contributed by atoms with van der Waals surface area (Å²) in [6.07, 6.45) is 3.72. The van der Waals surface area contributed by atoms with E-state index in [4.69, 9.17) is 4.74 Å². The second-order valence-corrected chi connectivity index (χ2v) is 6.43. The highest BCUT2D eigenvalue weighted by Crippen LogP contribution is 2.30. The fraction of sp³-hybridized carbons (Fsp3) is 0.588. The molecule has 0 bridgehead atoms. The summed E-state index contributed by atoms with van der Waals surface area (Å²) in [5.74, 6) is 1.08. The van der Waals surface area contributed by atoms with Crippen molar-refractivity contribution in [2.75, 3.05) is 18.5 Å². The Balaban J connectivity index is 1.99. The van der Waals surface area contributed by atoms with E-state index in [1.165, 1.54) is 0 Å². The normalized spacial score (nSPS) is 16.5. The van der Waals surface area contributed by atoms with Crippen molar-refractivity contribution in [2.45, 2.75) is 45.1 Å². The highest BCUT2D eigenvalue weighted by molar-refractivity contribution is 5.91. The summed E-state index contributed by atoms with van der Waals surface area (Å²) >= 11 is 0. The van der Waals surface area contributed by atoms with Crippen LogP contribution in [-0.4, -0.2) is 29.9 Å². The number of carbonyl (C=O) groups excluding carboxylic acids is 1. The van der Waals surface area contributed by atoms with Crippen LogP contribution >= 0.6 is 0 Å². The Bertz CT molecular complexity index is 496. The van der Waals surface area contributed by atoms with Crippen LogP contribution < -0.4 is 15.4 Å². The molecule has 2 rings (SSSR count). The average Bonchev–Trinajstić information content (AvgIpc) is 2.95. The lowest BCUT2D eigenvalue weighted by molar-refractivity contribution is 0.167. The fourth-order valence-electron chi connectivity index (χ4n) is 2.72. The smallest absolute Gasteiger partial charge is 0.319 e. The van der Waals surface area contributed by atoms with Gasteiger partial charge in [0.15, 0.2) is 0 Å². The number of rotatable bonds is 6. The first-order valence-corrected chi connectivity index (χ1v) is 7.96. The summed E-state index contributed by atoms with van der Waals surface area (Å²) < 4.78 is 5.73. The number of carbonyl (C=O) groups is 1. The molecule has 0 atom stereocenters. The van der Waals surface area contributed by atoms with Gasteiger partial charge >= 0.3 is 6.03 Å². The standard InChI is InChI=1S/C17H26N2O3/c1-13(2)11-22-15-8-4-3-7-14(15)18-16(21)19-17(12-20)9-5-6-10-17/h3-4,7-8,13,20H,5-6,9-12H2,1-2H3,(H2,18,19,21). The lowest BCUT2D eigenvalue weighted by Gasteiger charge is -2.28. The third-order valence-corrected chi connectivity index (χ3v) is 3.95.